The van der Waals surface area contributed by atoms with Crippen LogP contribution in [0.2, 0.25) is 5.02 Å². The van der Waals surface area contributed by atoms with E-state index in [4.69, 9.17) is 21.1 Å². The molecule has 0 aliphatic carbocycles. The van der Waals surface area contributed by atoms with Gasteiger partial charge in [0.2, 0.25) is 0 Å². The molecule has 5 nitrogen and oxygen atoms in total. The minimum atomic E-state index is -0.601. The summed E-state index contributed by atoms with van der Waals surface area (Å²) in [6.07, 6.45) is 1.46. The number of nitriles is 1. The van der Waals surface area contributed by atoms with Crippen LogP contribution in [0.1, 0.15) is 18.1 Å². The van der Waals surface area contributed by atoms with Crippen LogP contribution < -0.4 is 14.8 Å². The topological polar surface area (TPSA) is 71.3 Å². The lowest BCUT2D eigenvalue weighted by molar-refractivity contribution is -0.112. The molecule has 3 rings (SSSR count). The summed E-state index contributed by atoms with van der Waals surface area (Å²) >= 11 is 8.33. The molecule has 0 saturated carbocycles. The fourth-order valence-electron chi connectivity index (χ4n) is 2.89. The molecular weight excluding hydrogens is 558 g/mol. The van der Waals surface area contributed by atoms with Gasteiger partial charge < -0.3 is 14.8 Å². The van der Waals surface area contributed by atoms with Gasteiger partial charge in [-0.25, -0.2) is 4.39 Å². The van der Waals surface area contributed by atoms with Crippen LogP contribution in [-0.2, 0) is 11.4 Å². The van der Waals surface area contributed by atoms with Crippen LogP contribution in [0.3, 0.4) is 0 Å². The van der Waals surface area contributed by atoms with Crippen molar-refractivity contribution in [1.29, 1.82) is 5.26 Å². The maximum absolute atomic E-state index is 13.1. The Morgan fingerprint density at radius 2 is 1.91 bits per heavy atom. The molecule has 0 aromatic heterocycles. The Morgan fingerprint density at radius 3 is 2.58 bits per heavy atom. The molecule has 0 radical (unpaired) electrons. The zero-order chi connectivity index (χ0) is 23.8. The Kier molecular flexibility index (Phi) is 8.69. The van der Waals surface area contributed by atoms with Gasteiger partial charge in [-0.05, 0) is 83.6 Å². The monoisotopic (exact) mass is 576 g/mol. The standard InChI is InChI=1S/C25H19ClFIN2O3/c1-2-32-23-13-16(11-18(14-29)25(31)30-20-9-7-19(27)8-10-20)12-22(28)24(23)33-15-17-5-3-4-6-21(17)26/h3-13H,2,15H2,1H3,(H,30,31)/b18-11-. The predicted octanol–water partition coefficient (Wildman–Crippen LogP) is 6.61. The van der Waals surface area contributed by atoms with E-state index in [1.165, 1.54) is 30.3 Å². The fourth-order valence-corrected chi connectivity index (χ4v) is 3.86. The number of ether oxygens (including phenoxy) is 2. The third-order valence-corrected chi connectivity index (χ3v) is 5.61. The predicted molar refractivity (Wildman–Crippen MR) is 135 cm³/mol. The number of nitrogens with one attached hydrogen (secondary N) is 1. The third-order valence-electron chi connectivity index (χ3n) is 4.44. The van der Waals surface area contributed by atoms with Gasteiger partial charge in [0.1, 0.15) is 24.1 Å². The number of halogens is 3. The number of nitrogens with zero attached hydrogens (tertiary/aromatic N) is 1. The van der Waals surface area contributed by atoms with Gasteiger partial charge in [-0.1, -0.05) is 29.8 Å². The zero-order valence-corrected chi connectivity index (χ0v) is 20.5. The molecule has 0 aliphatic heterocycles. The van der Waals surface area contributed by atoms with Gasteiger partial charge in [0.25, 0.3) is 5.91 Å². The van der Waals surface area contributed by atoms with Gasteiger partial charge in [0, 0.05) is 16.3 Å². The largest absolute Gasteiger partial charge is 0.490 e. The average Bonchev–Trinajstić information content (AvgIpc) is 2.79. The summed E-state index contributed by atoms with van der Waals surface area (Å²) in [6, 6.07) is 18.1. The van der Waals surface area contributed by atoms with Gasteiger partial charge >= 0.3 is 0 Å². The number of benzene rings is 3. The van der Waals surface area contributed by atoms with E-state index in [9.17, 15) is 14.4 Å². The second kappa shape index (κ2) is 11.7. The maximum atomic E-state index is 13.1. The average molecular weight is 577 g/mol. The molecule has 1 amide bonds. The first-order valence-electron chi connectivity index (χ1n) is 9.92. The molecule has 0 fully saturated rings. The van der Waals surface area contributed by atoms with Crippen molar-refractivity contribution >= 4 is 51.9 Å². The number of carbonyl (C=O) groups is 1. The maximum Gasteiger partial charge on any atom is 0.266 e. The van der Waals surface area contributed by atoms with Crippen LogP contribution >= 0.6 is 34.2 Å². The Hall–Kier alpha value is -3.09. The van der Waals surface area contributed by atoms with E-state index in [1.807, 2.05) is 31.2 Å². The molecule has 0 saturated heterocycles. The van der Waals surface area contributed by atoms with Crippen molar-refractivity contribution < 1.29 is 18.7 Å². The van der Waals surface area contributed by atoms with Crippen LogP contribution in [0.25, 0.3) is 6.08 Å². The highest BCUT2D eigenvalue weighted by Crippen LogP contribution is 2.36. The molecular formula is C25H19ClFIN2O3. The van der Waals surface area contributed by atoms with E-state index in [0.29, 0.717) is 34.4 Å². The van der Waals surface area contributed by atoms with Crippen molar-refractivity contribution in [3.05, 3.63) is 91.8 Å². The van der Waals surface area contributed by atoms with E-state index in [-0.39, 0.29) is 12.2 Å². The Bertz CT molecular complexity index is 1220. The van der Waals surface area contributed by atoms with E-state index < -0.39 is 11.7 Å². The summed E-state index contributed by atoms with van der Waals surface area (Å²) in [4.78, 5) is 12.5. The molecule has 8 heteroatoms. The first-order chi connectivity index (χ1) is 15.9. The van der Waals surface area contributed by atoms with Crippen molar-refractivity contribution in [3.63, 3.8) is 0 Å². The van der Waals surface area contributed by atoms with Gasteiger partial charge in [-0.15, -0.1) is 0 Å². The molecule has 0 unspecified atom stereocenters. The lowest BCUT2D eigenvalue weighted by Gasteiger charge is -2.15. The van der Waals surface area contributed by atoms with E-state index in [1.54, 1.807) is 18.2 Å². The number of hydrogen-bond donors (Lipinski definition) is 1. The lowest BCUT2D eigenvalue weighted by Crippen LogP contribution is -2.13. The van der Waals surface area contributed by atoms with Crippen LogP contribution in [0.4, 0.5) is 10.1 Å². The number of hydrogen-bond acceptors (Lipinski definition) is 4. The van der Waals surface area contributed by atoms with Gasteiger partial charge in [-0.3, -0.25) is 4.79 Å². The lowest BCUT2D eigenvalue weighted by atomic mass is 10.1. The molecule has 3 aromatic rings. The highest BCUT2D eigenvalue weighted by Gasteiger charge is 2.15. The molecule has 33 heavy (non-hydrogen) atoms. The molecule has 0 aliphatic rings. The number of carbonyl (C=O) groups excluding carboxylic acids is 1. The van der Waals surface area contributed by atoms with Crippen molar-refractivity contribution in [2.75, 3.05) is 11.9 Å². The second-order valence-corrected chi connectivity index (χ2v) is 8.34. The van der Waals surface area contributed by atoms with Crippen molar-refractivity contribution in [3.8, 4) is 17.6 Å². The minimum absolute atomic E-state index is 0.109. The Balaban J connectivity index is 1.85. The normalized spacial score (nSPS) is 10.9. The molecule has 0 heterocycles. The zero-order valence-electron chi connectivity index (χ0n) is 17.6. The first kappa shape index (κ1) is 24.6. The summed E-state index contributed by atoms with van der Waals surface area (Å²) in [5.41, 5.74) is 1.71. The highest BCUT2D eigenvalue weighted by molar-refractivity contribution is 14.1. The summed E-state index contributed by atoms with van der Waals surface area (Å²) in [5, 5.41) is 12.7. The summed E-state index contributed by atoms with van der Waals surface area (Å²) in [7, 11) is 0. The number of anilines is 1. The number of amides is 1. The third kappa shape index (κ3) is 6.70. The van der Waals surface area contributed by atoms with Crippen LogP contribution in [0.15, 0.2) is 66.2 Å². The van der Waals surface area contributed by atoms with Crippen molar-refractivity contribution in [2.45, 2.75) is 13.5 Å². The summed E-state index contributed by atoms with van der Waals surface area (Å²) in [5.74, 6) is 0.0118. The quantitative estimate of drug-likeness (QED) is 0.186. The van der Waals surface area contributed by atoms with Crippen LogP contribution in [0, 0.1) is 20.7 Å². The molecule has 1 N–H and O–H groups in total. The molecule has 3 aromatic carbocycles. The van der Waals surface area contributed by atoms with E-state index in [2.05, 4.69) is 27.9 Å². The van der Waals surface area contributed by atoms with Crippen molar-refractivity contribution in [2.24, 2.45) is 0 Å². The van der Waals surface area contributed by atoms with Crippen molar-refractivity contribution in [1.82, 2.24) is 0 Å². The highest BCUT2D eigenvalue weighted by atomic mass is 127. The Morgan fingerprint density at radius 1 is 1.18 bits per heavy atom. The van der Waals surface area contributed by atoms with E-state index in [0.717, 1.165) is 9.13 Å². The van der Waals surface area contributed by atoms with Crippen LogP contribution in [0.5, 0.6) is 11.5 Å². The molecule has 0 bridgehead atoms. The molecule has 168 valence electrons. The Labute approximate surface area is 209 Å². The summed E-state index contributed by atoms with van der Waals surface area (Å²) < 4.78 is 25.6. The van der Waals surface area contributed by atoms with E-state index >= 15 is 0 Å². The SMILES string of the molecule is CCOc1cc(/C=C(/C#N)C(=O)Nc2ccc(F)cc2)cc(I)c1OCc1ccccc1Cl. The van der Waals surface area contributed by atoms with Gasteiger partial charge in [-0.2, -0.15) is 5.26 Å². The minimum Gasteiger partial charge on any atom is -0.490 e. The van der Waals surface area contributed by atoms with Crippen LogP contribution in [-0.4, -0.2) is 12.5 Å². The van der Waals surface area contributed by atoms with Gasteiger partial charge in [0.15, 0.2) is 11.5 Å². The first-order valence-corrected chi connectivity index (χ1v) is 11.4. The molecule has 0 atom stereocenters. The fraction of sp³-hybridized carbons (Fsp3) is 0.120. The summed E-state index contributed by atoms with van der Waals surface area (Å²) in [6.45, 7) is 2.51. The second-order valence-electron chi connectivity index (χ2n) is 6.77. The molecule has 0 spiro atoms. The van der Waals surface area contributed by atoms with Gasteiger partial charge in [0.05, 0.1) is 10.2 Å². The smallest absolute Gasteiger partial charge is 0.266 e. The number of rotatable bonds is 8.